The average molecular weight is 363 g/mol. The van der Waals surface area contributed by atoms with Crippen LogP contribution in [-0.2, 0) is 17.6 Å². The highest BCUT2D eigenvalue weighted by Crippen LogP contribution is 2.34. The second kappa shape index (κ2) is 7.35. The van der Waals surface area contributed by atoms with Gasteiger partial charge in [-0.15, -0.1) is 0 Å². The number of fused-ring (bicyclic) bond motifs is 1. The summed E-state index contributed by atoms with van der Waals surface area (Å²) in [6.45, 7) is 0. The molecule has 1 saturated carbocycles. The second-order valence-corrected chi connectivity index (χ2v) is 7.80. The Kier molecular flexibility index (Phi) is 5.36. The van der Waals surface area contributed by atoms with Crippen LogP contribution in [0, 0.1) is 5.92 Å². The molecule has 7 heteroatoms. The van der Waals surface area contributed by atoms with Crippen LogP contribution in [0.2, 0.25) is 0 Å². The molecule has 25 heavy (non-hydrogen) atoms. The van der Waals surface area contributed by atoms with Crippen molar-refractivity contribution in [3.05, 3.63) is 29.8 Å². The normalized spacial score (nSPS) is 18.2. The highest BCUT2D eigenvalue weighted by Gasteiger charge is 2.41. The van der Waals surface area contributed by atoms with Gasteiger partial charge in [0.2, 0.25) is 0 Å². The third-order valence-electron chi connectivity index (χ3n) is 4.90. The van der Waals surface area contributed by atoms with Gasteiger partial charge in [-0.2, -0.15) is 11.8 Å². The molecule has 3 rings (SSSR count). The predicted octanol–water partition coefficient (Wildman–Crippen LogP) is 1.62. The number of hydrogen-bond acceptors (Lipinski definition) is 6. The Balaban J connectivity index is 1.86. The van der Waals surface area contributed by atoms with Crippen LogP contribution < -0.4 is 11.5 Å². The maximum atomic E-state index is 11.9. The summed E-state index contributed by atoms with van der Waals surface area (Å²) < 4.78 is 5.90. The largest absolute Gasteiger partial charge is 0.461 e. The van der Waals surface area contributed by atoms with Crippen molar-refractivity contribution in [1.29, 1.82) is 0 Å². The van der Waals surface area contributed by atoms with Crippen LogP contribution in [0.3, 0.4) is 0 Å². The van der Waals surface area contributed by atoms with Crippen molar-refractivity contribution >= 4 is 28.6 Å². The number of nitrogens with two attached hydrogens (primary N) is 2. The maximum absolute atomic E-state index is 11.9. The molecule has 6 nitrogen and oxygen atoms in total. The van der Waals surface area contributed by atoms with Gasteiger partial charge >= 0.3 is 0 Å². The van der Waals surface area contributed by atoms with E-state index in [1.807, 2.05) is 12.3 Å². The van der Waals surface area contributed by atoms with E-state index in [0.29, 0.717) is 17.0 Å². The highest BCUT2D eigenvalue weighted by atomic mass is 32.2. The van der Waals surface area contributed by atoms with Gasteiger partial charge in [-0.25, -0.2) is 0 Å². The van der Waals surface area contributed by atoms with Crippen molar-refractivity contribution in [2.75, 3.05) is 12.0 Å². The van der Waals surface area contributed by atoms with Crippen molar-refractivity contribution in [3.63, 3.8) is 0 Å². The number of amides is 1. The topological polar surface area (TPSA) is 115 Å². The van der Waals surface area contributed by atoms with Crippen LogP contribution in [-0.4, -0.2) is 39.6 Å². The molecule has 0 aromatic carbocycles. The zero-order valence-corrected chi connectivity index (χ0v) is 15.2. The lowest BCUT2D eigenvalue weighted by atomic mass is 9.88. The molecule has 136 valence electrons. The number of aryl methyl sites for hydroxylation is 1. The quantitative estimate of drug-likeness (QED) is 0.623. The molecule has 0 aliphatic heterocycles. The molecule has 2 heterocycles. The standard InChI is InChI=1S/C18H25N3O3S/c1-25-10-16(19)18(23,17(20)22)9-14-13-8-12(5-4-11-2-3-11)24-15(13)6-7-21-14/h6-8,11,16,23H,2-5,9-10,19H2,1H3,(H2,20,22)/t16-,18+/m0/s1. The summed E-state index contributed by atoms with van der Waals surface area (Å²) in [5, 5.41) is 11.6. The van der Waals surface area contributed by atoms with Crippen molar-refractivity contribution in [2.45, 2.75) is 43.7 Å². The summed E-state index contributed by atoms with van der Waals surface area (Å²) >= 11 is 1.46. The fraction of sp³-hybridized carbons (Fsp3) is 0.556. The lowest BCUT2D eigenvalue weighted by Gasteiger charge is -2.30. The summed E-state index contributed by atoms with van der Waals surface area (Å²) in [5.74, 6) is 1.33. The van der Waals surface area contributed by atoms with Crippen molar-refractivity contribution in [2.24, 2.45) is 17.4 Å². The summed E-state index contributed by atoms with van der Waals surface area (Å²) in [6.07, 6.45) is 8.11. The van der Waals surface area contributed by atoms with Gasteiger partial charge in [-0.1, -0.05) is 12.8 Å². The minimum atomic E-state index is -1.84. The van der Waals surface area contributed by atoms with E-state index in [-0.39, 0.29) is 6.42 Å². The first-order valence-corrected chi connectivity index (χ1v) is 9.96. The molecule has 2 atom stereocenters. The molecular weight excluding hydrogens is 338 g/mol. The smallest absolute Gasteiger partial charge is 0.251 e. The molecular formula is C18H25N3O3S. The molecule has 1 amide bonds. The minimum Gasteiger partial charge on any atom is -0.461 e. The molecule has 1 fully saturated rings. The molecule has 0 spiro atoms. The highest BCUT2D eigenvalue weighted by molar-refractivity contribution is 7.98. The van der Waals surface area contributed by atoms with E-state index in [4.69, 9.17) is 15.9 Å². The molecule has 2 aromatic heterocycles. The number of nitrogens with zero attached hydrogens (tertiary/aromatic N) is 1. The number of pyridine rings is 1. The fourth-order valence-corrected chi connectivity index (χ4v) is 3.70. The van der Waals surface area contributed by atoms with Crippen molar-refractivity contribution in [1.82, 2.24) is 4.98 Å². The van der Waals surface area contributed by atoms with Gasteiger partial charge in [0.15, 0.2) is 5.60 Å². The Bertz CT molecular complexity index is 759. The summed E-state index contributed by atoms with van der Waals surface area (Å²) in [5.41, 5.74) is 10.9. The number of carbonyl (C=O) groups excluding carboxylic acids is 1. The number of rotatable bonds is 9. The first-order chi connectivity index (χ1) is 11.9. The molecule has 0 bridgehead atoms. The van der Waals surface area contributed by atoms with E-state index in [2.05, 4.69) is 4.98 Å². The third-order valence-corrected chi connectivity index (χ3v) is 5.59. The zero-order valence-electron chi connectivity index (χ0n) is 14.4. The molecule has 1 aliphatic rings. The van der Waals surface area contributed by atoms with Crippen molar-refractivity contribution in [3.8, 4) is 0 Å². The van der Waals surface area contributed by atoms with Crippen LogP contribution in [0.4, 0.5) is 0 Å². The molecule has 1 aliphatic carbocycles. The zero-order chi connectivity index (χ0) is 18.0. The SMILES string of the molecule is CSC[C@H](N)[C@](O)(Cc1nccc2oc(CCC3CC3)cc12)C(N)=O. The Hall–Kier alpha value is -1.57. The van der Waals surface area contributed by atoms with Crippen molar-refractivity contribution < 1.29 is 14.3 Å². The lowest BCUT2D eigenvalue weighted by Crippen LogP contribution is -2.59. The van der Waals surface area contributed by atoms with E-state index in [1.54, 1.807) is 12.3 Å². The molecule has 2 aromatic rings. The predicted molar refractivity (Wildman–Crippen MR) is 99.3 cm³/mol. The first kappa shape index (κ1) is 18.2. The van der Waals surface area contributed by atoms with Crippen LogP contribution in [0.15, 0.2) is 22.7 Å². The Morgan fingerprint density at radius 1 is 1.56 bits per heavy atom. The molecule has 0 saturated heterocycles. The first-order valence-electron chi connectivity index (χ1n) is 8.57. The number of aliphatic hydroxyl groups is 1. The summed E-state index contributed by atoms with van der Waals surface area (Å²) in [6, 6.07) is 2.99. The lowest BCUT2D eigenvalue weighted by molar-refractivity contribution is -0.137. The monoisotopic (exact) mass is 363 g/mol. The molecule has 0 unspecified atom stereocenters. The van der Waals surface area contributed by atoms with Crippen LogP contribution in [0.25, 0.3) is 11.0 Å². The Labute approximate surface area is 151 Å². The number of aromatic nitrogens is 1. The molecule has 0 radical (unpaired) electrons. The molecule has 5 N–H and O–H groups in total. The number of carbonyl (C=O) groups is 1. The minimum absolute atomic E-state index is 0.0248. The Morgan fingerprint density at radius 3 is 2.96 bits per heavy atom. The van der Waals surface area contributed by atoms with Gasteiger partial charge in [-0.05, 0) is 30.7 Å². The van der Waals surface area contributed by atoms with Gasteiger partial charge < -0.3 is 21.0 Å². The van der Waals surface area contributed by atoms with E-state index in [0.717, 1.165) is 29.9 Å². The van der Waals surface area contributed by atoms with Crippen LogP contribution in [0.5, 0.6) is 0 Å². The third kappa shape index (κ3) is 3.99. The van der Waals surface area contributed by atoms with Gasteiger partial charge in [0.1, 0.15) is 11.3 Å². The van der Waals surface area contributed by atoms with E-state index in [1.165, 1.54) is 24.6 Å². The van der Waals surface area contributed by atoms with Gasteiger partial charge in [0.25, 0.3) is 5.91 Å². The summed E-state index contributed by atoms with van der Waals surface area (Å²) in [4.78, 5) is 16.2. The van der Waals surface area contributed by atoms with E-state index < -0.39 is 17.6 Å². The summed E-state index contributed by atoms with van der Waals surface area (Å²) in [7, 11) is 0. The van der Waals surface area contributed by atoms with E-state index in [9.17, 15) is 9.90 Å². The fourth-order valence-electron chi connectivity index (χ4n) is 3.06. The van der Waals surface area contributed by atoms with E-state index >= 15 is 0 Å². The van der Waals surface area contributed by atoms with Crippen LogP contribution in [0.1, 0.15) is 30.7 Å². The Morgan fingerprint density at radius 2 is 2.32 bits per heavy atom. The van der Waals surface area contributed by atoms with Crippen LogP contribution >= 0.6 is 11.8 Å². The number of hydrogen-bond donors (Lipinski definition) is 3. The average Bonchev–Trinajstić information content (AvgIpc) is 3.31. The van der Waals surface area contributed by atoms with Gasteiger partial charge in [-0.3, -0.25) is 9.78 Å². The second-order valence-electron chi connectivity index (χ2n) is 6.89. The van der Waals surface area contributed by atoms with Gasteiger partial charge in [0, 0.05) is 30.2 Å². The number of thioether (sulfide) groups is 1. The number of primary amides is 1. The maximum Gasteiger partial charge on any atom is 0.251 e. The van der Waals surface area contributed by atoms with Gasteiger partial charge in [0.05, 0.1) is 11.7 Å². The number of furan rings is 1.